The van der Waals surface area contributed by atoms with Crippen molar-refractivity contribution < 1.29 is 9.59 Å². The zero-order valence-electron chi connectivity index (χ0n) is 8.51. The summed E-state index contributed by atoms with van der Waals surface area (Å²) in [7, 11) is 1.72. The second-order valence-corrected chi connectivity index (χ2v) is 3.71. The molecule has 0 spiro atoms. The van der Waals surface area contributed by atoms with Crippen molar-refractivity contribution in [1.29, 1.82) is 0 Å². The number of hydrogen-bond acceptors (Lipinski definition) is 3. The number of ketones is 1. The van der Waals surface area contributed by atoms with E-state index in [4.69, 9.17) is 0 Å². The van der Waals surface area contributed by atoms with E-state index in [9.17, 15) is 9.59 Å². The Morgan fingerprint density at radius 2 is 2.31 bits per heavy atom. The van der Waals surface area contributed by atoms with Crippen LogP contribution in [-0.2, 0) is 4.79 Å². The molecule has 0 saturated carbocycles. The molecule has 1 saturated heterocycles. The molecule has 2 rings (SSSR count). The Morgan fingerprint density at radius 3 is 2.81 bits per heavy atom. The summed E-state index contributed by atoms with van der Waals surface area (Å²) in [6.07, 6.45) is 3.73. The topological polar surface area (TPSA) is 50.3 Å². The average molecular weight is 220 g/mol. The molecule has 0 bridgehead atoms. The van der Waals surface area contributed by atoms with Crippen LogP contribution < -0.4 is 0 Å². The molecule has 1 fully saturated rings. The highest BCUT2D eigenvalue weighted by atomic mass is 16.2. The Bertz CT molecular complexity index is 389. The van der Waals surface area contributed by atoms with E-state index < -0.39 is 5.92 Å². The molecule has 2 heterocycles. The number of likely N-dealkylation sites (tertiary alicyclic amines) is 1. The van der Waals surface area contributed by atoms with Gasteiger partial charge in [-0.25, -0.2) is 0 Å². The van der Waals surface area contributed by atoms with Gasteiger partial charge in [-0.15, -0.1) is 0 Å². The molecule has 1 amide bonds. The first-order chi connectivity index (χ1) is 7.20. The smallest absolute Gasteiger partial charge is 0.233 e. The van der Waals surface area contributed by atoms with E-state index in [0.717, 1.165) is 0 Å². The zero-order valence-corrected chi connectivity index (χ0v) is 8.51. The summed E-state index contributed by atoms with van der Waals surface area (Å²) in [5.74, 6) is -0.694. The van der Waals surface area contributed by atoms with E-state index in [2.05, 4.69) is 4.98 Å². The molecule has 0 aromatic carbocycles. The highest BCUT2D eigenvalue weighted by Gasteiger charge is 2.35. The summed E-state index contributed by atoms with van der Waals surface area (Å²) >= 11 is 0. The number of carbonyl (C=O) groups is 2. The van der Waals surface area contributed by atoms with E-state index in [-0.39, 0.29) is 19.1 Å². The Kier molecular flexibility index (Phi) is 3.77. The number of aromatic nitrogens is 1. The molecule has 1 aliphatic rings. The Balaban J connectivity index is 0.00000128. The van der Waals surface area contributed by atoms with E-state index in [1.165, 1.54) is 6.20 Å². The van der Waals surface area contributed by atoms with Gasteiger partial charge >= 0.3 is 0 Å². The van der Waals surface area contributed by atoms with Gasteiger partial charge in [0.25, 0.3) is 0 Å². The largest absolute Gasteiger partial charge is 0.345 e. The van der Waals surface area contributed by atoms with Crippen molar-refractivity contribution in [2.24, 2.45) is 5.92 Å². The Hall–Kier alpha value is -1.71. The SMILES string of the molecule is C.CN1CCC(C(=O)c2cccnc2)C1=O. The van der Waals surface area contributed by atoms with Crippen LogP contribution in [0.1, 0.15) is 24.2 Å². The van der Waals surface area contributed by atoms with Gasteiger partial charge in [0.1, 0.15) is 5.92 Å². The number of hydrogen-bond donors (Lipinski definition) is 0. The van der Waals surface area contributed by atoms with E-state index >= 15 is 0 Å². The number of rotatable bonds is 2. The maximum Gasteiger partial charge on any atom is 0.233 e. The van der Waals surface area contributed by atoms with Crippen molar-refractivity contribution in [3.05, 3.63) is 30.1 Å². The first-order valence-electron chi connectivity index (χ1n) is 4.89. The van der Waals surface area contributed by atoms with Crippen LogP contribution in [0.5, 0.6) is 0 Å². The molecule has 4 heteroatoms. The Labute approximate surface area is 95.3 Å². The van der Waals surface area contributed by atoms with Gasteiger partial charge in [-0.1, -0.05) is 7.43 Å². The summed E-state index contributed by atoms with van der Waals surface area (Å²) in [4.78, 5) is 29.0. The third kappa shape index (κ3) is 2.10. The lowest BCUT2D eigenvalue weighted by Gasteiger charge is -2.08. The lowest BCUT2D eigenvalue weighted by Crippen LogP contribution is -2.27. The first kappa shape index (κ1) is 12.4. The lowest BCUT2D eigenvalue weighted by atomic mass is 9.97. The summed E-state index contributed by atoms with van der Waals surface area (Å²) < 4.78 is 0. The number of amides is 1. The molecule has 1 aromatic rings. The fraction of sp³-hybridized carbons (Fsp3) is 0.417. The number of nitrogens with zero attached hydrogens (tertiary/aromatic N) is 2. The minimum absolute atomic E-state index is 0. The van der Waals surface area contributed by atoms with Crippen molar-refractivity contribution in [2.45, 2.75) is 13.8 Å². The van der Waals surface area contributed by atoms with E-state index in [1.54, 1.807) is 30.3 Å². The van der Waals surface area contributed by atoms with Crippen LogP contribution in [0.15, 0.2) is 24.5 Å². The minimum Gasteiger partial charge on any atom is -0.345 e. The van der Waals surface area contributed by atoms with E-state index in [0.29, 0.717) is 18.5 Å². The molecule has 0 aliphatic carbocycles. The van der Waals surface area contributed by atoms with Gasteiger partial charge in [0.2, 0.25) is 5.91 Å². The van der Waals surface area contributed by atoms with E-state index in [1.807, 2.05) is 0 Å². The van der Waals surface area contributed by atoms with Crippen LogP contribution in [0.2, 0.25) is 0 Å². The van der Waals surface area contributed by atoms with Crippen molar-refractivity contribution in [3.63, 3.8) is 0 Å². The average Bonchev–Trinajstić information content (AvgIpc) is 2.60. The molecule has 1 unspecified atom stereocenters. The van der Waals surface area contributed by atoms with Crippen LogP contribution in [0.4, 0.5) is 0 Å². The quantitative estimate of drug-likeness (QED) is 0.559. The molecule has 16 heavy (non-hydrogen) atoms. The second kappa shape index (κ2) is 4.88. The summed E-state index contributed by atoms with van der Waals surface area (Å²) in [6, 6.07) is 3.40. The van der Waals surface area contributed by atoms with Crippen LogP contribution >= 0.6 is 0 Å². The maximum atomic E-state index is 11.9. The van der Waals surface area contributed by atoms with Gasteiger partial charge in [0.05, 0.1) is 0 Å². The first-order valence-corrected chi connectivity index (χ1v) is 4.89. The molecule has 86 valence electrons. The summed E-state index contributed by atoms with van der Waals surface area (Å²) in [5, 5.41) is 0. The highest BCUT2D eigenvalue weighted by molar-refractivity contribution is 6.10. The van der Waals surface area contributed by atoms with Crippen molar-refractivity contribution >= 4 is 11.7 Å². The third-order valence-corrected chi connectivity index (χ3v) is 2.69. The molecular formula is C12H16N2O2. The van der Waals surface area contributed by atoms with Crippen LogP contribution in [0.25, 0.3) is 0 Å². The second-order valence-electron chi connectivity index (χ2n) is 3.71. The monoisotopic (exact) mass is 220 g/mol. The van der Waals surface area contributed by atoms with Crippen molar-refractivity contribution in [1.82, 2.24) is 9.88 Å². The summed E-state index contributed by atoms with van der Waals surface area (Å²) in [5.41, 5.74) is 0.520. The van der Waals surface area contributed by atoms with Crippen LogP contribution in [0.3, 0.4) is 0 Å². The molecule has 1 atom stereocenters. The van der Waals surface area contributed by atoms with Gasteiger partial charge in [-0.05, 0) is 18.6 Å². The lowest BCUT2D eigenvalue weighted by molar-refractivity contribution is -0.128. The fourth-order valence-electron chi connectivity index (χ4n) is 1.78. The van der Waals surface area contributed by atoms with Gasteiger partial charge in [-0.2, -0.15) is 0 Å². The molecule has 1 aromatic heterocycles. The summed E-state index contributed by atoms with van der Waals surface area (Å²) in [6.45, 7) is 0.662. The molecule has 1 aliphatic heterocycles. The maximum absolute atomic E-state index is 11.9. The van der Waals surface area contributed by atoms with Gasteiger partial charge in [0.15, 0.2) is 5.78 Å². The van der Waals surface area contributed by atoms with Crippen LogP contribution in [-0.4, -0.2) is 35.2 Å². The van der Waals surface area contributed by atoms with Crippen molar-refractivity contribution in [2.75, 3.05) is 13.6 Å². The predicted octanol–water partition coefficient (Wildman–Crippen LogP) is 1.38. The Morgan fingerprint density at radius 1 is 1.56 bits per heavy atom. The third-order valence-electron chi connectivity index (χ3n) is 2.69. The molecule has 0 N–H and O–H groups in total. The highest BCUT2D eigenvalue weighted by Crippen LogP contribution is 2.20. The molecule has 0 radical (unpaired) electrons. The van der Waals surface area contributed by atoms with Crippen LogP contribution in [0, 0.1) is 5.92 Å². The number of carbonyl (C=O) groups excluding carboxylic acids is 2. The molecule has 4 nitrogen and oxygen atoms in total. The molecular weight excluding hydrogens is 204 g/mol. The van der Waals surface area contributed by atoms with Gasteiger partial charge < -0.3 is 4.90 Å². The predicted molar refractivity (Wildman–Crippen MR) is 61.0 cm³/mol. The standard InChI is InChI=1S/C11H12N2O2.CH4/c1-13-6-4-9(11(13)15)10(14)8-3-2-5-12-7-8;/h2-3,5,7,9H,4,6H2,1H3;1H4. The minimum atomic E-state index is -0.501. The zero-order chi connectivity index (χ0) is 10.8. The normalized spacial score (nSPS) is 19.4. The number of Topliss-reactive ketones (excluding diaryl/α,β-unsaturated/α-hetero) is 1. The van der Waals surface area contributed by atoms with Crippen molar-refractivity contribution in [3.8, 4) is 0 Å². The van der Waals surface area contributed by atoms with Gasteiger partial charge in [-0.3, -0.25) is 14.6 Å². The fourth-order valence-corrected chi connectivity index (χ4v) is 1.78. The number of pyridine rings is 1. The van der Waals surface area contributed by atoms with Gasteiger partial charge in [0, 0.05) is 31.5 Å².